The fourth-order valence-electron chi connectivity index (χ4n) is 3.34. The van der Waals surface area contributed by atoms with Crippen molar-refractivity contribution >= 4 is 11.8 Å². The molecule has 1 saturated carbocycles. The van der Waals surface area contributed by atoms with Gasteiger partial charge in [0, 0.05) is 17.9 Å². The first-order chi connectivity index (χ1) is 15.0. The van der Waals surface area contributed by atoms with Gasteiger partial charge in [0.2, 0.25) is 0 Å². The average molecular weight is 441 g/mol. The number of nitrogens with zero attached hydrogens (tertiary/aromatic N) is 2. The maximum absolute atomic E-state index is 13.0. The van der Waals surface area contributed by atoms with Gasteiger partial charge in [0.05, 0.1) is 19.4 Å². The monoisotopic (exact) mass is 440 g/mol. The highest BCUT2D eigenvalue weighted by Gasteiger charge is 2.28. The van der Waals surface area contributed by atoms with Crippen LogP contribution in [0.4, 0.5) is 4.39 Å². The summed E-state index contributed by atoms with van der Waals surface area (Å²) in [6, 6.07) is 13.2. The standard InChI is InChI=1S/C24H25FN2O3S/c1-16(18-5-6-18)13-30-21-10-9-20(11-22(21)29-2)27-15-26-23(12-24(27)28)31-14-17-3-7-19(25)8-4-17/h3-4,7-12,15-16,18H,5-6,13-14H2,1-2H3. The van der Waals surface area contributed by atoms with Gasteiger partial charge in [0.15, 0.2) is 11.5 Å². The van der Waals surface area contributed by atoms with E-state index in [-0.39, 0.29) is 11.4 Å². The molecular weight excluding hydrogens is 415 g/mol. The van der Waals surface area contributed by atoms with Crippen molar-refractivity contribution in [2.75, 3.05) is 13.7 Å². The van der Waals surface area contributed by atoms with Crippen molar-refractivity contribution in [2.45, 2.75) is 30.5 Å². The predicted octanol–water partition coefficient (Wildman–Crippen LogP) is 5.10. The molecular formula is C24H25FN2O3S. The molecule has 1 fully saturated rings. The van der Waals surface area contributed by atoms with Crippen molar-refractivity contribution in [1.82, 2.24) is 9.55 Å². The fourth-order valence-corrected chi connectivity index (χ4v) is 4.16. The fraction of sp³-hybridized carbons (Fsp3) is 0.333. The van der Waals surface area contributed by atoms with E-state index in [0.29, 0.717) is 40.5 Å². The summed E-state index contributed by atoms with van der Waals surface area (Å²) in [5, 5.41) is 0.617. The third-order valence-electron chi connectivity index (χ3n) is 5.44. The second-order valence-corrected chi connectivity index (χ2v) is 8.81. The first kappa shape index (κ1) is 21.4. The zero-order valence-electron chi connectivity index (χ0n) is 17.6. The number of rotatable bonds is 9. The lowest BCUT2D eigenvalue weighted by Crippen LogP contribution is -2.18. The van der Waals surface area contributed by atoms with Gasteiger partial charge in [0.1, 0.15) is 17.2 Å². The molecule has 1 heterocycles. The molecule has 0 amide bonds. The number of benzene rings is 2. The second kappa shape index (κ2) is 9.56. The van der Waals surface area contributed by atoms with Crippen molar-refractivity contribution in [3.05, 3.63) is 76.6 Å². The molecule has 0 saturated heterocycles. The van der Waals surface area contributed by atoms with Gasteiger partial charge < -0.3 is 9.47 Å². The van der Waals surface area contributed by atoms with Crippen LogP contribution in [0.2, 0.25) is 0 Å². The van der Waals surface area contributed by atoms with Crippen LogP contribution in [0.15, 0.2) is 64.7 Å². The molecule has 0 bridgehead atoms. The molecule has 1 atom stereocenters. The van der Waals surface area contributed by atoms with Gasteiger partial charge in [-0.2, -0.15) is 0 Å². The van der Waals surface area contributed by atoms with E-state index in [1.165, 1.54) is 53.7 Å². The third-order valence-corrected chi connectivity index (χ3v) is 6.44. The van der Waals surface area contributed by atoms with Crippen LogP contribution in [-0.2, 0) is 5.75 Å². The van der Waals surface area contributed by atoms with Gasteiger partial charge in [-0.25, -0.2) is 9.37 Å². The van der Waals surface area contributed by atoms with Crippen molar-refractivity contribution < 1.29 is 13.9 Å². The Balaban J connectivity index is 1.45. The van der Waals surface area contributed by atoms with E-state index in [1.807, 2.05) is 12.1 Å². The van der Waals surface area contributed by atoms with Crippen LogP contribution in [0.1, 0.15) is 25.3 Å². The molecule has 4 rings (SSSR count). The Labute approximate surface area is 185 Å². The highest BCUT2D eigenvalue weighted by Crippen LogP contribution is 2.37. The minimum atomic E-state index is -0.265. The van der Waals surface area contributed by atoms with E-state index in [4.69, 9.17) is 9.47 Å². The molecule has 1 aliphatic carbocycles. The van der Waals surface area contributed by atoms with Crippen LogP contribution in [0.3, 0.4) is 0 Å². The predicted molar refractivity (Wildman–Crippen MR) is 120 cm³/mol. The maximum atomic E-state index is 13.0. The lowest BCUT2D eigenvalue weighted by molar-refractivity contribution is 0.234. The highest BCUT2D eigenvalue weighted by molar-refractivity contribution is 7.98. The third kappa shape index (κ3) is 5.47. The molecule has 1 aromatic heterocycles. The Morgan fingerprint density at radius 3 is 2.61 bits per heavy atom. The molecule has 0 N–H and O–H groups in total. The number of halogens is 1. The van der Waals surface area contributed by atoms with E-state index in [1.54, 1.807) is 25.3 Å². The smallest absolute Gasteiger partial charge is 0.258 e. The van der Waals surface area contributed by atoms with Gasteiger partial charge in [-0.1, -0.05) is 19.1 Å². The van der Waals surface area contributed by atoms with Crippen LogP contribution >= 0.6 is 11.8 Å². The first-order valence-corrected chi connectivity index (χ1v) is 11.3. The zero-order chi connectivity index (χ0) is 21.8. The van der Waals surface area contributed by atoms with E-state index < -0.39 is 0 Å². The summed E-state index contributed by atoms with van der Waals surface area (Å²) in [5.41, 5.74) is 1.44. The Bertz CT molecular complexity index is 1100. The minimum Gasteiger partial charge on any atom is -0.493 e. The summed E-state index contributed by atoms with van der Waals surface area (Å²) in [7, 11) is 1.59. The van der Waals surface area contributed by atoms with Crippen molar-refractivity contribution in [2.24, 2.45) is 11.8 Å². The summed E-state index contributed by atoms with van der Waals surface area (Å²) in [6.07, 6.45) is 4.09. The molecule has 5 nitrogen and oxygen atoms in total. The summed E-state index contributed by atoms with van der Waals surface area (Å²) >= 11 is 1.43. The van der Waals surface area contributed by atoms with Gasteiger partial charge in [0.25, 0.3) is 5.56 Å². The number of methoxy groups -OCH3 is 1. The summed E-state index contributed by atoms with van der Waals surface area (Å²) in [6.45, 7) is 2.86. The number of hydrogen-bond donors (Lipinski definition) is 0. The normalized spacial score (nSPS) is 14.3. The summed E-state index contributed by atoms with van der Waals surface area (Å²) in [5.74, 6) is 2.90. The number of aromatic nitrogens is 2. The number of hydrogen-bond acceptors (Lipinski definition) is 5. The average Bonchev–Trinajstić information content (AvgIpc) is 3.63. The number of thioether (sulfide) groups is 1. The molecule has 0 radical (unpaired) electrons. The van der Waals surface area contributed by atoms with Gasteiger partial charge in [-0.3, -0.25) is 9.36 Å². The minimum absolute atomic E-state index is 0.185. The van der Waals surface area contributed by atoms with E-state index in [0.717, 1.165) is 11.5 Å². The Kier molecular flexibility index (Phi) is 6.61. The first-order valence-electron chi connectivity index (χ1n) is 10.3. The van der Waals surface area contributed by atoms with Crippen LogP contribution in [0, 0.1) is 17.7 Å². The molecule has 0 aliphatic heterocycles. The molecule has 1 unspecified atom stereocenters. The van der Waals surface area contributed by atoms with Crippen molar-refractivity contribution in [3.63, 3.8) is 0 Å². The molecule has 162 valence electrons. The van der Waals surface area contributed by atoms with Crippen molar-refractivity contribution in [1.29, 1.82) is 0 Å². The van der Waals surface area contributed by atoms with Crippen LogP contribution in [0.5, 0.6) is 11.5 Å². The van der Waals surface area contributed by atoms with Crippen molar-refractivity contribution in [3.8, 4) is 17.2 Å². The topological polar surface area (TPSA) is 53.4 Å². The lowest BCUT2D eigenvalue weighted by atomic mass is 10.1. The second-order valence-electron chi connectivity index (χ2n) is 7.81. The molecule has 1 aliphatic rings. The SMILES string of the molecule is COc1cc(-n2cnc(SCc3ccc(F)cc3)cc2=O)ccc1OCC(C)C1CC1. The molecule has 7 heteroatoms. The maximum Gasteiger partial charge on any atom is 0.258 e. The van der Waals surface area contributed by atoms with Crippen LogP contribution < -0.4 is 15.0 Å². The number of ether oxygens (including phenoxy) is 2. The van der Waals surface area contributed by atoms with E-state index in [2.05, 4.69) is 11.9 Å². The van der Waals surface area contributed by atoms with Gasteiger partial charge in [-0.15, -0.1) is 11.8 Å². The summed E-state index contributed by atoms with van der Waals surface area (Å²) in [4.78, 5) is 17.1. The largest absolute Gasteiger partial charge is 0.493 e. The van der Waals surface area contributed by atoms with Gasteiger partial charge >= 0.3 is 0 Å². The summed E-state index contributed by atoms with van der Waals surface area (Å²) < 4.78 is 25.9. The lowest BCUT2D eigenvalue weighted by Gasteiger charge is -2.16. The molecule has 3 aromatic rings. The Hall–Kier alpha value is -2.80. The van der Waals surface area contributed by atoms with Crippen LogP contribution in [-0.4, -0.2) is 23.3 Å². The highest BCUT2D eigenvalue weighted by atomic mass is 32.2. The molecule has 31 heavy (non-hydrogen) atoms. The Morgan fingerprint density at radius 1 is 1.16 bits per heavy atom. The Morgan fingerprint density at radius 2 is 1.94 bits per heavy atom. The molecule has 2 aromatic carbocycles. The van der Waals surface area contributed by atoms with Gasteiger partial charge in [-0.05, 0) is 54.5 Å². The quantitative estimate of drug-likeness (QED) is 0.342. The van der Waals surface area contributed by atoms with E-state index >= 15 is 0 Å². The van der Waals surface area contributed by atoms with E-state index in [9.17, 15) is 9.18 Å². The molecule has 0 spiro atoms. The zero-order valence-corrected chi connectivity index (χ0v) is 18.4. The van der Waals surface area contributed by atoms with Crippen LogP contribution in [0.25, 0.3) is 5.69 Å².